The molecule has 1 aromatic heterocycles. The van der Waals surface area contributed by atoms with Gasteiger partial charge < -0.3 is 10.6 Å². The lowest BCUT2D eigenvalue weighted by Crippen LogP contribution is -2.15. The minimum atomic E-state index is -0.324. The predicted octanol–water partition coefficient (Wildman–Crippen LogP) is 2.81. The molecule has 0 atom stereocenters. The van der Waals surface area contributed by atoms with Crippen LogP contribution in [-0.2, 0) is 4.79 Å². The number of rotatable bonds is 4. The van der Waals surface area contributed by atoms with Crippen LogP contribution in [0, 0.1) is 0 Å². The third-order valence-electron chi connectivity index (χ3n) is 2.97. The summed E-state index contributed by atoms with van der Waals surface area (Å²) in [5.74, 6) is -0.196. The van der Waals surface area contributed by atoms with Gasteiger partial charge in [-0.25, -0.2) is 0 Å². The van der Waals surface area contributed by atoms with Crippen molar-refractivity contribution in [3.63, 3.8) is 0 Å². The number of aromatic nitrogens is 2. The van der Waals surface area contributed by atoms with Crippen molar-refractivity contribution in [2.75, 3.05) is 10.6 Å². The largest absolute Gasteiger partial charge is 0.326 e. The van der Waals surface area contributed by atoms with Gasteiger partial charge in [0.25, 0.3) is 5.91 Å². The molecule has 2 amide bonds. The molecule has 0 bridgehead atoms. The van der Waals surface area contributed by atoms with Crippen LogP contribution >= 0.6 is 0 Å². The van der Waals surface area contributed by atoms with Gasteiger partial charge in [0.05, 0.1) is 5.69 Å². The van der Waals surface area contributed by atoms with Crippen LogP contribution in [0.2, 0.25) is 0 Å². The second-order valence-electron chi connectivity index (χ2n) is 5.21. The summed E-state index contributed by atoms with van der Waals surface area (Å²) in [5.41, 5.74) is 2.40. The smallest absolute Gasteiger partial charge is 0.276 e. The molecule has 0 aliphatic carbocycles. The molecule has 0 radical (unpaired) electrons. The number of amides is 2. The Hall–Kier alpha value is -2.76. The maximum Gasteiger partial charge on any atom is 0.276 e. The number of benzene rings is 1. The zero-order valence-electron chi connectivity index (χ0n) is 12.8. The maximum absolute atomic E-state index is 12.1. The van der Waals surface area contributed by atoms with Gasteiger partial charge in [0.15, 0.2) is 5.69 Å². The Morgan fingerprint density at radius 2 is 1.50 bits per heavy atom. The third-order valence-corrected chi connectivity index (χ3v) is 2.97. The number of hydrogen-bond acceptors (Lipinski definition) is 4. The Labute approximate surface area is 129 Å². The fourth-order valence-corrected chi connectivity index (χ4v) is 1.81. The zero-order chi connectivity index (χ0) is 16.1. The van der Waals surface area contributed by atoms with Gasteiger partial charge >= 0.3 is 0 Å². The van der Waals surface area contributed by atoms with Crippen LogP contribution in [0.4, 0.5) is 11.4 Å². The monoisotopic (exact) mass is 298 g/mol. The van der Waals surface area contributed by atoms with E-state index < -0.39 is 0 Å². The van der Waals surface area contributed by atoms with Gasteiger partial charge in [-0.05, 0) is 42.3 Å². The average Bonchev–Trinajstić information content (AvgIpc) is 2.49. The summed E-state index contributed by atoms with van der Waals surface area (Å²) < 4.78 is 0. The van der Waals surface area contributed by atoms with E-state index >= 15 is 0 Å². The van der Waals surface area contributed by atoms with Crippen molar-refractivity contribution >= 4 is 23.2 Å². The maximum atomic E-state index is 12.1. The molecule has 0 aliphatic rings. The molecule has 0 fully saturated rings. The van der Waals surface area contributed by atoms with Crippen LogP contribution in [0.25, 0.3) is 0 Å². The highest BCUT2D eigenvalue weighted by Crippen LogP contribution is 2.15. The molecule has 0 saturated heterocycles. The van der Waals surface area contributed by atoms with Crippen molar-refractivity contribution in [1.82, 2.24) is 10.2 Å². The molecule has 6 nitrogen and oxygen atoms in total. The van der Waals surface area contributed by atoms with Crippen molar-refractivity contribution in [3.8, 4) is 0 Å². The highest BCUT2D eigenvalue weighted by atomic mass is 16.2. The van der Waals surface area contributed by atoms with E-state index in [1.807, 2.05) is 13.8 Å². The molecule has 1 heterocycles. The minimum absolute atomic E-state index is 0.141. The van der Waals surface area contributed by atoms with E-state index in [0.717, 1.165) is 5.69 Å². The van der Waals surface area contributed by atoms with E-state index in [1.54, 1.807) is 36.4 Å². The van der Waals surface area contributed by atoms with Crippen LogP contribution in [0.15, 0.2) is 36.4 Å². The SMILES string of the molecule is CC(=O)Nc1ccc(NC(=O)c2ccc(C(C)C)nn2)cc1. The van der Waals surface area contributed by atoms with Gasteiger partial charge in [-0.15, -0.1) is 5.10 Å². The van der Waals surface area contributed by atoms with Crippen molar-refractivity contribution in [2.45, 2.75) is 26.7 Å². The van der Waals surface area contributed by atoms with Gasteiger partial charge in [-0.3, -0.25) is 9.59 Å². The minimum Gasteiger partial charge on any atom is -0.326 e. The van der Waals surface area contributed by atoms with Gasteiger partial charge in [-0.2, -0.15) is 5.10 Å². The Bertz CT molecular complexity index is 664. The summed E-state index contributed by atoms with van der Waals surface area (Å²) >= 11 is 0. The molecule has 0 saturated carbocycles. The first-order chi connectivity index (χ1) is 10.5. The molecule has 114 valence electrons. The van der Waals surface area contributed by atoms with Gasteiger partial charge in [0.2, 0.25) is 5.91 Å². The van der Waals surface area contributed by atoms with Crippen LogP contribution in [0.3, 0.4) is 0 Å². The molecule has 0 aliphatic heterocycles. The second-order valence-corrected chi connectivity index (χ2v) is 5.21. The molecule has 2 N–H and O–H groups in total. The molecular weight excluding hydrogens is 280 g/mol. The fraction of sp³-hybridized carbons (Fsp3) is 0.250. The van der Waals surface area contributed by atoms with Gasteiger partial charge in [0, 0.05) is 18.3 Å². The third kappa shape index (κ3) is 4.12. The highest BCUT2D eigenvalue weighted by Gasteiger charge is 2.10. The average molecular weight is 298 g/mol. The van der Waals surface area contributed by atoms with E-state index in [4.69, 9.17) is 0 Å². The summed E-state index contributed by atoms with van der Waals surface area (Å²) in [4.78, 5) is 23.0. The lowest BCUT2D eigenvalue weighted by atomic mass is 10.1. The van der Waals surface area contributed by atoms with Crippen molar-refractivity contribution in [3.05, 3.63) is 47.8 Å². The van der Waals surface area contributed by atoms with Crippen molar-refractivity contribution < 1.29 is 9.59 Å². The van der Waals surface area contributed by atoms with E-state index in [0.29, 0.717) is 11.4 Å². The fourth-order valence-electron chi connectivity index (χ4n) is 1.81. The Morgan fingerprint density at radius 3 is 1.95 bits per heavy atom. The molecule has 0 spiro atoms. The summed E-state index contributed by atoms with van der Waals surface area (Å²) in [7, 11) is 0. The van der Waals surface area contributed by atoms with E-state index in [-0.39, 0.29) is 23.4 Å². The van der Waals surface area contributed by atoms with E-state index in [9.17, 15) is 9.59 Å². The molecular formula is C16H18N4O2. The quantitative estimate of drug-likeness (QED) is 0.909. The molecule has 1 aromatic carbocycles. The van der Waals surface area contributed by atoms with E-state index in [1.165, 1.54) is 6.92 Å². The van der Waals surface area contributed by atoms with Crippen LogP contribution in [0.5, 0.6) is 0 Å². The standard InChI is InChI=1S/C16H18N4O2/c1-10(2)14-8-9-15(20-19-14)16(22)18-13-6-4-12(5-7-13)17-11(3)21/h4-10H,1-3H3,(H,17,21)(H,18,22). The van der Waals surface area contributed by atoms with Crippen LogP contribution in [0.1, 0.15) is 42.9 Å². The van der Waals surface area contributed by atoms with Crippen molar-refractivity contribution in [2.24, 2.45) is 0 Å². The Morgan fingerprint density at radius 1 is 0.909 bits per heavy atom. The topological polar surface area (TPSA) is 84.0 Å². The van der Waals surface area contributed by atoms with E-state index in [2.05, 4.69) is 20.8 Å². The number of carbonyl (C=O) groups is 2. The van der Waals surface area contributed by atoms with Gasteiger partial charge in [0.1, 0.15) is 0 Å². The van der Waals surface area contributed by atoms with Crippen LogP contribution < -0.4 is 10.6 Å². The normalized spacial score (nSPS) is 10.4. The first-order valence-corrected chi connectivity index (χ1v) is 6.98. The van der Waals surface area contributed by atoms with Gasteiger partial charge in [-0.1, -0.05) is 13.8 Å². The summed E-state index contributed by atoms with van der Waals surface area (Å²) in [6, 6.07) is 10.3. The second kappa shape index (κ2) is 6.80. The molecule has 22 heavy (non-hydrogen) atoms. The van der Waals surface area contributed by atoms with Crippen molar-refractivity contribution in [1.29, 1.82) is 0 Å². The number of nitrogens with zero attached hydrogens (tertiary/aromatic N) is 2. The predicted molar refractivity (Wildman–Crippen MR) is 84.8 cm³/mol. The molecule has 0 unspecified atom stereocenters. The molecule has 6 heteroatoms. The zero-order valence-corrected chi connectivity index (χ0v) is 12.8. The summed E-state index contributed by atoms with van der Waals surface area (Å²) in [6.45, 7) is 5.47. The number of anilines is 2. The first kappa shape index (κ1) is 15.6. The number of carbonyl (C=O) groups excluding carboxylic acids is 2. The Balaban J connectivity index is 2.03. The molecule has 2 aromatic rings. The Kier molecular flexibility index (Phi) is 4.83. The summed E-state index contributed by atoms with van der Waals surface area (Å²) in [5, 5.41) is 13.4. The summed E-state index contributed by atoms with van der Waals surface area (Å²) in [6.07, 6.45) is 0. The lowest BCUT2D eigenvalue weighted by molar-refractivity contribution is -0.114. The lowest BCUT2D eigenvalue weighted by Gasteiger charge is -2.07. The molecule has 2 rings (SSSR count). The number of hydrogen-bond donors (Lipinski definition) is 2. The number of nitrogens with one attached hydrogen (secondary N) is 2. The first-order valence-electron chi connectivity index (χ1n) is 6.98. The van der Waals surface area contributed by atoms with Crippen LogP contribution in [-0.4, -0.2) is 22.0 Å². The highest BCUT2D eigenvalue weighted by molar-refractivity contribution is 6.02.